The number of allylic oxidation sites excluding steroid dienone is 1. The van der Waals surface area contributed by atoms with Crippen LogP contribution in [-0.4, -0.2) is 18.0 Å². The highest BCUT2D eigenvalue weighted by Gasteiger charge is 2.14. The number of benzene rings is 2. The molecule has 0 aliphatic carbocycles. The molecule has 2 rings (SSSR count). The fourth-order valence-electron chi connectivity index (χ4n) is 1.80. The summed E-state index contributed by atoms with van der Waals surface area (Å²) in [7, 11) is 1.41. The monoisotopic (exact) mass is 290 g/mol. The first-order chi connectivity index (χ1) is 10.0. The number of rotatable bonds is 4. The van der Waals surface area contributed by atoms with Crippen molar-refractivity contribution in [3.63, 3.8) is 0 Å². The first-order valence-electron chi connectivity index (χ1n) is 6.06. The van der Waals surface area contributed by atoms with E-state index in [1.807, 2.05) is 0 Å². The Bertz CT molecular complexity index is 688. The topological polar surface area (TPSA) is 46.5 Å². The van der Waals surface area contributed by atoms with Crippen LogP contribution >= 0.6 is 0 Å². The predicted molar refractivity (Wildman–Crippen MR) is 74.4 cm³/mol. The average Bonchev–Trinajstić information content (AvgIpc) is 2.45. The molecule has 0 bridgehead atoms. The Labute approximate surface area is 120 Å². The fourth-order valence-corrected chi connectivity index (χ4v) is 1.80. The van der Waals surface area contributed by atoms with E-state index in [-0.39, 0.29) is 5.75 Å². The highest BCUT2D eigenvalue weighted by molar-refractivity contribution is 6.07. The molecule has 0 spiro atoms. The first-order valence-corrected chi connectivity index (χ1v) is 6.06. The Morgan fingerprint density at radius 1 is 1.19 bits per heavy atom. The Hall–Kier alpha value is -2.69. The van der Waals surface area contributed by atoms with E-state index in [1.54, 1.807) is 6.07 Å². The van der Waals surface area contributed by atoms with Gasteiger partial charge < -0.3 is 9.84 Å². The van der Waals surface area contributed by atoms with Crippen molar-refractivity contribution >= 4 is 11.9 Å². The van der Waals surface area contributed by atoms with Crippen molar-refractivity contribution in [1.82, 2.24) is 0 Å². The molecule has 0 aliphatic rings. The Balaban J connectivity index is 2.25. The number of phenolic OH excluding ortho intramolecular Hbond substituents is 1. The Kier molecular flexibility index (Phi) is 4.33. The van der Waals surface area contributed by atoms with Gasteiger partial charge in [0.1, 0.15) is 11.6 Å². The van der Waals surface area contributed by atoms with E-state index in [9.17, 15) is 18.7 Å². The van der Waals surface area contributed by atoms with Crippen LogP contribution in [0.4, 0.5) is 8.78 Å². The van der Waals surface area contributed by atoms with Crippen molar-refractivity contribution in [3.8, 4) is 11.5 Å². The predicted octanol–water partition coefficient (Wildman–Crippen LogP) is 3.58. The van der Waals surface area contributed by atoms with Crippen molar-refractivity contribution in [2.75, 3.05) is 7.11 Å². The van der Waals surface area contributed by atoms with Crippen LogP contribution < -0.4 is 4.74 Å². The van der Waals surface area contributed by atoms with Gasteiger partial charge in [-0.15, -0.1) is 0 Å². The summed E-state index contributed by atoms with van der Waals surface area (Å²) in [6, 6.07) is 7.71. The first kappa shape index (κ1) is 14.7. The van der Waals surface area contributed by atoms with E-state index >= 15 is 0 Å². The molecule has 0 fully saturated rings. The molecule has 0 aliphatic heterocycles. The number of hydrogen-bond donors (Lipinski definition) is 1. The number of halogens is 2. The second-order valence-corrected chi connectivity index (χ2v) is 4.23. The average molecular weight is 290 g/mol. The molecule has 0 aromatic heterocycles. The van der Waals surface area contributed by atoms with Gasteiger partial charge in [0.05, 0.1) is 12.7 Å². The van der Waals surface area contributed by atoms with Crippen molar-refractivity contribution in [1.29, 1.82) is 0 Å². The number of ketones is 1. The summed E-state index contributed by atoms with van der Waals surface area (Å²) in [5.74, 6) is -2.42. The maximum atomic E-state index is 13.4. The Morgan fingerprint density at radius 2 is 1.86 bits per heavy atom. The molecular formula is C16H12F2O3. The standard InChI is InChI=1S/C16H12F2O3/c1-21-15-8-6-10(9-14(15)20)5-7-13(19)16-11(17)3-2-4-12(16)18/h2-9,20H,1H3/b7-5+. The molecule has 1 N–H and O–H groups in total. The van der Waals surface area contributed by atoms with Crippen LogP contribution in [0.1, 0.15) is 15.9 Å². The van der Waals surface area contributed by atoms with E-state index in [2.05, 4.69) is 0 Å². The minimum atomic E-state index is -0.915. The molecule has 0 heterocycles. The van der Waals surface area contributed by atoms with Gasteiger partial charge in [0.25, 0.3) is 0 Å². The molecular weight excluding hydrogens is 278 g/mol. The van der Waals surface area contributed by atoms with Gasteiger partial charge in [-0.1, -0.05) is 18.2 Å². The molecule has 2 aromatic carbocycles. The maximum Gasteiger partial charge on any atom is 0.191 e. The van der Waals surface area contributed by atoms with Crippen molar-refractivity contribution in [2.45, 2.75) is 0 Å². The van der Waals surface area contributed by atoms with Gasteiger partial charge in [0.2, 0.25) is 0 Å². The van der Waals surface area contributed by atoms with Gasteiger partial charge in [0, 0.05) is 0 Å². The fraction of sp³-hybridized carbons (Fsp3) is 0.0625. The smallest absolute Gasteiger partial charge is 0.191 e. The lowest BCUT2D eigenvalue weighted by atomic mass is 10.1. The molecule has 0 unspecified atom stereocenters. The number of phenols is 1. The normalized spacial score (nSPS) is 10.8. The summed E-state index contributed by atoms with van der Waals surface area (Å²) < 4.78 is 31.8. The zero-order chi connectivity index (χ0) is 15.4. The highest BCUT2D eigenvalue weighted by atomic mass is 19.1. The summed E-state index contributed by atoms with van der Waals surface area (Å²) in [5, 5.41) is 9.60. The van der Waals surface area contributed by atoms with E-state index in [0.717, 1.165) is 18.2 Å². The molecule has 5 heteroatoms. The van der Waals surface area contributed by atoms with Gasteiger partial charge in [0.15, 0.2) is 17.3 Å². The van der Waals surface area contributed by atoms with Gasteiger partial charge in [-0.05, 0) is 35.9 Å². The maximum absolute atomic E-state index is 13.4. The molecule has 108 valence electrons. The molecule has 0 saturated heterocycles. The largest absolute Gasteiger partial charge is 0.504 e. The molecule has 0 atom stereocenters. The molecule has 0 saturated carbocycles. The van der Waals surface area contributed by atoms with Gasteiger partial charge in [-0.3, -0.25) is 4.79 Å². The highest BCUT2D eigenvalue weighted by Crippen LogP contribution is 2.26. The Morgan fingerprint density at radius 3 is 2.43 bits per heavy atom. The molecule has 0 radical (unpaired) electrons. The van der Waals surface area contributed by atoms with Gasteiger partial charge in [-0.2, -0.15) is 0 Å². The van der Waals surface area contributed by atoms with E-state index in [0.29, 0.717) is 11.3 Å². The van der Waals surface area contributed by atoms with E-state index in [1.165, 1.54) is 31.4 Å². The number of methoxy groups -OCH3 is 1. The quantitative estimate of drug-likeness (QED) is 0.691. The SMILES string of the molecule is COc1ccc(/C=C/C(=O)c2c(F)cccc2F)cc1O. The van der Waals surface area contributed by atoms with Crippen molar-refractivity contribution < 1.29 is 23.4 Å². The summed E-state index contributed by atoms with van der Waals surface area (Å²) in [6.45, 7) is 0. The summed E-state index contributed by atoms with van der Waals surface area (Å²) in [4.78, 5) is 11.8. The van der Waals surface area contributed by atoms with Crippen LogP contribution in [-0.2, 0) is 0 Å². The van der Waals surface area contributed by atoms with Gasteiger partial charge >= 0.3 is 0 Å². The second-order valence-electron chi connectivity index (χ2n) is 4.23. The number of carbonyl (C=O) groups is 1. The number of aromatic hydroxyl groups is 1. The van der Waals surface area contributed by atoms with Crippen LogP contribution in [0.25, 0.3) is 6.08 Å². The van der Waals surface area contributed by atoms with Crippen LogP contribution in [0.15, 0.2) is 42.5 Å². The number of hydrogen-bond acceptors (Lipinski definition) is 3. The second kappa shape index (κ2) is 6.17. The zero-order valence-corrected chi connectivity index (χ0v) is 11.1. The lowest BCUT2D eigenvalue weighted by Crippen LogP contribution is -2.02. The van der Waals surface area contributed by atoms with Crippen molar-refractivity contribution in [2.24, 2.45) is 0 Å². The van der Waals surface area contributed by atoms with Crippen molar-refractivity contribution in [3.05, 3.63) is 65.2 Å². The van der Waals surface area contributed by atoms with E-state index in [4.69, 9.17) is 4.74 Å². The summed E-state index contributed by atoms with van der Waals surface area (Å²) >= 11 is 0. The molecule has 21 heavy (non-hydrogen) atoms. The number of ether oxygens (including phenoxy) is 1. The minimum Gasteiger partial charge on any atom is -0.504 e. The van der Waals surface area contributed by atoms with Crippen LogP contribution in [0.2, 0.25) is 0 Å². The lowest BCUT2D eigenvalue weighted by molar-refractivity contribution is 0.104. The zero-order valence-electron chi connectivity index (χ0n) is 11.1. The molecule has 0 amide bonds. The van der Waals surface area contributed by atoms with Crippen LogP contribution in [0.5, 0.6) is 11.5 Å². The van der Waals surface area contributed by atoms with Gasteiger partial charge in [-0.25, -0.2) is 8.78 Å². The third kappa shape index (κ3) is 3.25. The summed E-state index contributed by atoms with van der Waals surface area (Å²) in [5.41, 5.74) is -0.107. The molecule has 2 aromatic rings. The minimum absolute atomic E-state index is 0.0934. The van der Waals surface area contributed by atoms with E-state index < -0.39 is 23.0 Å². The third-order valence-electron chi connectivity index (χ3n) is 2.84. The lowest BCUT2D eigenvalue weighted by Gasteiger charge is -2.03. The van der Waals surface area contributed by atoms with Crippen LogP contribution in [0, 0.1) is 11.6 Å². The third-order valence-corrected chi connectivity index (χ3v) is 2.84. The number of carbonyl (C=O) groups excluding carboxylic acids is 1. The van der Waals surface area contributed by atoms with Crippen LogP contribution in [0.3, 0.4) is 0 Å². The molecule has 3 nitrogen and oxygen atoms in total. The summed E-state index contributed by atoms with van der Waals surface area (Å²) in [6.07, 6.45) is 2.40.